The highest BCUT2D eigenvalue weighted by molar-refractivity contribution is 5.85. The summed E-state index contributed by atoms with van der Waals surface area (Å²) < 4.78 is 0. The second kappa shape index (κ2) is 4.09. The monoisotopic (exact) mass is 151 g/mol. The van der Waals surface area contributed by atoms with E-state index in [-0.39, 0.29) is 12.4 Å². The van der Waals surface area contributed by atoms with Gasteiger partial charge >= 0.3 is 0 Å². The molecule has 9 heavy (non-hydrogen) atoms. The van der Waals surface area contributed by atoms with Crippen LogP contribution in [0.1, 0.15) is 19.3 Å². The molecule has 2 unspecified atom stereocenters. The quantitative estimate of drug-likeness (QED) is 0.575. The standard InChI is InChI=1S/C6H13NO.ClH/c7-6-2-1-5(3-6)4-8;/h5-6,8H,1-4,7H2;1H. The van der Waals surface area contributed by atoms with Gasteiger partial charge in [0.15, 0.2) is 0 Å². The van der Waals surface area contributed by atoms with Gasteiger partial charge in [0.25, 0.3) is 0 Å². The number of hydrogen-bond acceptors (Lipinski definition) is 2. The lowest BCUT2D eigenvalue weighted by molar-refractivity contribution is 0.229. The zero-order chi connectivity index (χ0) is 5.98. The fraction of sp³-hybridized carbons (Fsp3) is 1.00. The van der Waals surface area contributed by atoms with Crippen LogP contribution in [0.2, 0.25) is 0 Å². The summed E-state index contributed by atoms with van der Waals surface area (Å²) in [6, 6.07) is 0.368. The van der Waals surface area contributed by atoms with E-state index < -0.39 is 0 Å². The molecule has 3 N–H and O–H groups in total. The van der Waals surface area contributed by atoms with Crippen molar-refractivity contribution in [2.75, 3.05) is 6.61 Å². The maximum absolute atomic E-state index is 8.63. The average Bonchev–Trinajstić information content (AvgIpc) is 2.14. The van der Waals surface area contributed by atoms with Crippen LogP contribution in [-0.2, 0) is 0 Å². The van der Waals surface area contributed by atoms with Gasteiger partial charge in [0, 0.05) is 12.6 Å². The van der Waals surface area contributed by atoms with E-state index in [2.05, 4.69) is 0 Å². The van der Waals surface area contributed by atoms with E-state index in [9.17, 15) is 0 Å². The summed E-state index contributed by atoms with van der Waals surface area (Å²) in [5.74, 6) is 0.505. The molecule has 0 spiro atoms. The zero-order valence-electron chi connectivity index (χ0n) is 5.42. The van der Waals surface area contributed by atoms with Crippen molar-refractivity contribution in [1.29, 1.82) is 0 Å². The molecule has 0 radical (unpaired) electrons. The normalized spacial score (nSPS) is 34.0. The first-order chi connectivity index (χ1) is 3.83. The summed E-state index contributed by atoms with van der Waals surface area (Å²) in [4.78, 5) is 0. The van der Waals surface area contributed by atoms with E-state index in [1.54, 1.807) is 0 Å². The van der Waals surface area contributed by atoms with Crippen LogP contribution in [-0.4, -0.2) is 17.8 Å². The van der Waals surface area contributed by atoms with Gasteiger partial charge in [0.05, 0.1) is 0 Å². The minimum atomic E-state index is 0. The fourth-order valence-electron chi connectivity index (χ4n) is 1.28. The Bertz CT molecular complexity index is 79.5. The molecule has 1 aliphatic rings. The molecule has 56 valence electrons. The Morgan fingerprint density at radius 2 is 2.11 bits per heavy atom. The molecular formula is C6H14ClNO. The van der Waals surface area contributed by atoms with Gasteiger partial charge in [0.1, 0.15) is 0 Å². The lowest BCUT2D eigenvalue weighted by Crippen LogP contribution is -2.15. The second-order valence-electron chi connectivity index (χ2n) is 2.62. The Morgan fingerprint density at radius 1 is 1.44 bits per heavy atom. The van der Waals surface area contributed by atoms with Crippen LogP contribution in [0.4, 0.5) is 0 Å². The molecular weight excluding hydrogens is 138 g/mol. The maximum Gasteiger partial charge on any atom is 0.0459 e. The number of nitrogens with two attached hydrogens (primary N) is 1. The van der Waals surface area contributed by atoms with Gasteiger partial charge in [-0.3, -0.25) is 0 Å². The summed E-state index contributed by atoms with van der Waals surface area (Å²) in [5.41, 5.74) is 5.59. The van der Waals surface area contributed by atoms with Crippen LogP contribution in [0.15, 0.2) is 0 Å². The van der Waals surface area contributed by atoms with Crippen LogP contribution in [0.3, 0.4) is 0 Å². The third kappa shape index (κ3) is 2.52. The Kier molecular flexibility index (Phi) is 4.19. The number of hydrogen-bond donors (Lipinski definition) is 2. The van der Waals surface area contributed by atoms with Crippen molar-refractivity contribution >= 4 is 12.4 Å². The van der Waals surface area contributed by atoms with E-state index >= 15 is 0 Å². The van der Waals surface area contributed by atoms with Crippen LogP contribution < -0.4 is 5.73 Å². The maximum atomic E-state index is 8.63. The topological polar surface area (TPSA) is 46.2 Å². The van der Waals surface area contributed by atoms with Crippen LogP contribution in [0, 0.1) is 5.92 Å². The molecule has 1 fully saturated rings. The summed E-state index contributed by atoms with van der Waals surface area (Å²) >= 11 is 0. The van der Waals surface area contributed by atoms with Crippen molar-refractivity contribution in [2.45, 2.75) is 25.3 Å². The molecule has 0 heterocycles. The lowest BCUT2D eigenvalue weighted by Gasteiger charge is -2.01. The van der Waals surface area contributed by atoms with E-state index in [1.807, 2.05) is 0 Å². The van der Waals surface area contributed by atoms with Crippen molar-refractivity contribution < 1.29 is 5.11 Å². The Morgan fingerprint density at radius 3 is 2.33 bits per heavy atom. The van der Waals surface area contributed by atoms with Gasteiger partial charge < -0.3 is 10.8 Å². The van der Waals surface area contributed by atoms with E-state index in [0.717, 1.165) is 19.3 Å². The van der Waals surface area contributed by atoms with Crippen LogP contribution in [0.5, 0.6) is 0 Å². The molecule has 1 rings (SSSR count). The molecule has 1 aliphatic carbocycles. The number of aliphatic hydroxyl groups excluding tert-OH is 1. The molecule has 0 aliphatic heterocycles. The molecule has 0 bridgehead atoms. The molecule has 2 nitrogen and oxygen atoms in total. The smallest absolute Gasteiger partial charge is 0.0459 e. The van der Waals surface area contributed by atoms with Crippen LogP contribution >= 0.6 is 12.4 Å². The molecule has 2 atom stereocenters. The Hall–Kier alpha value is 0.210. The highest BCUT2D eigenvalue weighted by Gasteiger charge is 2.19. The molecule has 0 aromatic carbocycles. The molecule has 0 amide bonds. The largest absolute Gasteiger partial charge is 0.396 e. The van der Waals surface area contributed by atoms with Crippen molar-refractivity contribution in [3.8, 4) is 0 Å². The summed E-state index contributed by atoms with van der Waals surface area (Å²) in [6.07, 6.45) is 3.25. The highest BCUT2D eigenvalue weighted by Crippen LogP contribution is 2.22. The SMILES string of the molecule is Cl.NC1CCC(CO)C1. The van der Waals surface area contributed by atoms with Gasteiger partial charge in [-0.2, -0.15) is 0 Å². The van der Waals surface area contributed by atoms with Gasteiger partial charge in [-0.1, -0.05) is 0 Å². The lowest BCUT2D eigenvalue weighted by atomic mass is 10.1. The Labute approximate surface area is 61.8 Å². The first-order valence-electron chi connectivity index (χ1n) is 3.19. The molecule has 0 aromatic heterocycles. The average molecular weight is 152 g/mol. The van der Waals surface area contributed by atoms with Gasteiger partial charge in [-0.15, -0.1) is 12.4 Å². The fourth-order valence-corrected chi connectivity index (χ4v) is 1.28. The van der Waals surface area contributed by atoms with Gasteiger partial charge in [-0.25, -0.2) is 0 Å². The minimum Gasteiger partial charge on any atom is -0.396 e. The summed E-state index contributed by atoms with van der Waals surface area (Å²) in [6.45, 7) is 0.327. The highest BCUT2D eigenvalue weighted by atomic mass is 35.5. The summed E-state index contributed by atoms with van der Waals surface area (Å²) in [5, 5.41) is 8.63. The third-order valence-electron chi connectivity index (χ3n) is 1.84. The van der Waals surface area contributed by atoms with E-state index in [1.165, 1.54) is 0 Å². The van der Waals surface area contributed by atoms with Crippen molar-refractivity contribution in [2.24, 2.45) is 11.7 Å². The van der Waals surface area contributed by atoms with Crippen molar-refractivity contribution in [3.63, 3.8) is 0 Å². The van der Waals surface area contributed by atoms with Gasteiger partial charge in [0.2, 0.25) is 0 Å². The number of halogens is 1. The molecule has 1 saturated carbocycles. The Balaban J connectivity index is 0.000000640. The molecule has 0 aromatic rings. The summed E-state index contributed by atoms with van der Waals surface area (Å²) in [7, 11) is 0. The van der Waals surface area contributed by atoms with Crippen molar-refractivity contribution in [1.82, 2.24) is 0 Å². The first kappa shape index (κ1) is 9.21. The predicted molar refractivity (Wildman–Crippen MR) is 39.7 cm³/mol. The predicted octanol–water partition coefficient (Wildman–Crippen LogP) is 0.528. The molecule has 0 saturated heterocycles. The molecule has 3 heteroatoms. The number of rotatable bonds is 1. The first-order valence-corrected chi connectivity index (χ1v) is 3.19. The third-order valence-corrected chi connectivity index (χ3v) is 1.84. The second-order valence-corrected chi connectivity index (χ2v) is 2.62. The number of aliphatic hydroxyl groups is 1. The van der Waals surface area contributed by atoms with E-state index in [4.69, 9.17) is 10.8 Å². The van der Waals surface area contributed by atoms with E-state index in [0.29, 0.717) is 18.6 Å². The van der Waals surface area contributed by atoms with Gasteiger partial charge in [-0.05, 0) is 25.2 Å². The zero-order valence-corrected chi connectivity index (χ0v) is 6.23. The van der Waals surface area contributed by atoms with Crippen molar-refractivity contribution in [3.05, 3.63) is 0 Å². The minimum absolute atomic E-state index is 0. The van der Waals surface area contributed by atoms with Crippen LogP contribution in [0.25, 0.3) is 0 Å².